The molecule has 2 fully saturated rings. The molecule has 0 aliphatic carbocycles. The SMILES string of the molecule is O=C(O)C1CCCN(C(=O)C2CC(=O)N(Cc3cccc(C(F)(F)F)c3)C2)C1. The quantitative estimate of drug-likeness (QED) is 0.845. The molecule has 0 spiro atoms. The van der Waals surface area contributed by atoms with E-state index in [9.17, 15) is 27.6 Å². The Labute approximate surface area is 159 Å². The average molecular weight is 398 g/mol. The minimum absolute atomic E-state index is 0.00425. The third-order valence-corrected chi connectivity index (χ3v) is 5.27. The number of carbonyl (C=O) groups excluding carboxylic acids is 2. The van der Waals surface area contributed by atoms with Crippen molar-refractivity contribution in [3.63, 3.8) is 0 Å². The normalized spacial score (nSPS) is 23.2. The molecule has 1 aromatic rings. The number of nitrogens with zero attached hydrogens (tertiary/aromatic N) is 2. The van der Waals surface area contributed by atoms with Crippen molar-refractivity contribution >= 4 is 17.8 Å². The summed E-state index contributed by atoms with van der Waals surface area (Å²) in [5, 5.41) is 9.15. The highest BCUT2D eigenvalue weighted by molar-refractivity contribution is 5.89. The third kappa shape index (κ3) is 4.45. The summed E-state index contributed by atoms with van der Waals surface area (Å²) in [6.07, 6.45) is -3.35. The first kappa shape index (κ1) is 20.2. The molecule has 0 saturated carbocycles. The van der Waals surface area contributed by atoms with E-state index >= 15 is 0 Å². The van der Waals surface area contributed by atoms with E-state index in [1.807, 2.05) is 0 Å². The van der Waals surface area contributed by atoms with Gasteiger partial charge in [-0.3, -0.25) is 14.4 Å². The smallest absolute Gasteiger partial charge is 0.416 e. The molecule has 152 valence electrons. The van der Waals surface area contributed by atoms with E-state index in [0.717, 1.165) is 12.1 Å². The Bertz CT molecular complexity index is 781. The van der Waals surface area contributed by atoms with Crippen LogP contribution in [0.25, 0.3) is 0 Å². The van der Waals surface area contributed by atoms with Crippen molar-refractivity contribution in [1.29, 1.82) is 0 Å². The third-order valence-electron chi connectivity index (χ3n) is 5.27. The molecule has 2 atom stereocenters. The number of halogens is 3. The molecule has 0 aromatic heterocycles. The van der Waals surface area contributed by atoms with E-state index in [1.165, 1.54) is 21.9 Å². The number of carboxylic acid groups (broad SMARTS) is 1. The lowest BCUT2D eigenvalue weighted by Crippen LogP contribution is -2.45. The molecule has 1 N–H and O–H groups in total. The number of carboxylic acids is 1. The first-order valence-electron chi connectivity index (χ1n) is 9.10. The lowest BCUT2D eigenvalue weighted by molar-refractivity contribution is -0.147. The summed E-state index contributed by atoms with van der Waals surface area (Å²) in [6.45, 7) is 0.722. The van der Waals surface area contributed by atoms with Gasteiger partial charge in [0.15, 0.2) is 0 Å². The molecule has 0 bridgehead atoms. The summed E-state index contributed by atoms with van der Waals surface area (Å²) in [5.74, 6) is -2.68. The zero-order valence-electron chi connectivity index (χ0n) is 15.1. The van der Waals surface area contributed by atoms with Gasteiger partial charge in [0, 0.05) is 32.6 Å². The van der Waals surface area contributed by atoms with Crippen molar-refractivity contribution in [1.82, 2.24) is 9.80 Å². The highest BCUT2D eigenvalue weighted by Crippen LogP contribution is 2.30. The van der Waals surface area contributed by atoms with Crippen molar-refractivity contribution in [3.8, 4) is 0 Å². The van der Waals surface area contributed by atoms with E-state index in [-0.39, 0.29) is 37.9 Å². The standard InChI is InChI=1S/C19H21F3N2O4/c20-19(21,22)15-5-1-3-12(7-15)9-24-11-14(8-16(24)25)17(26)23-6-2-4-13(10-23)18(27)28/h1,3,5,7,13-14H,2,4,6,8-11H2,(H,27,28). The van der Waals surface area contributed by atoms with Crippen LogP contribution in [0.5, 0.6) is 0 Å². The van der Waals surface area contributed by atoms with E-state index in [0.29, 0.717) is 24.9 Å². The van der Waals surface area contributed by atoms with Crippen LogP contribution in [0.15, 0.2) is 24.3 Å². The maximum absolute atomic E-state index is 12.8. The van der Waals surface area contributed by atoms with Gasteiger partial charge in [0.1, 0.15) is 0 Å². The average Bonchev–Trinajstić information content (AvgIpc) is 3.01. The molecule has 3 rings (SSSR count). The van der Waals surface area contributed by atoms with Crippen LogP contribution >= 0.6 is 0 Å². The Morgan fingerprint density at radius 2 is 1.93 bits per heavy atom. The number of hydrogen-bond acceptors (Lipinski definition) is 3. The van der Waals surface area contributed by atoms with Crippen LogP contribution in [0.2, 0.25) is 0 Å². The molecule has 2 aliphatic heterocycles. The molecule has 2 aliphatic rings. The van der Waals surface area contributed by atoms with Crippen LogP contribution in [0.3, 0.4) is 0 Å². The fourth-order valence-electron chi connectivity index (χ4n) is 3.79. The van der Waals surface area contributed by atoms with Crippen LogP contribution in [0, 0.1) is 11.8 Å². The molecule has 28 heavy (non-hydrogen) atoms. The topological polar surface area (TPSA) is 77.9 Å². The number of rotatable bonds is 4. The van der Waals surface area contributed by atoms with Gasteiger partial charge in [-0.15, -0.1) is 0 Å². The molecule has 2 unspecified atom stereocenters. The molecule has 2 saturated heterocycles. The Kier molecular flexibility index (Phi) is 5.62. The number of aliphatic carboxylic acids is 1. The second-order valence-electron chi connectivity index (χ2n) is 7.34. The second-order valence-corrected chi connectivity index (χ2v) is 7.34. The van der Waals surface area contributed by atoms with Crippen molar-refractivity contribution in [2.75, 3.05) is 19.6 Å². The lowest BCUT2D eigenvalue weighted by atomic mass is 9.96. The molecule has 0 radical (unpaired) electrons. The number of piperidine rings is 1. The Balaban J connectivity index is 1.64. The Morgan fingerprint density at radius 3 is 2.61 bits per heavy atom. The first-order valence-corrected chi connectivity index (χ1v) is 9.10. The first-order chi connectivity index (χ1) is 13.1. The second kappa shape index (κ2) is 7.81. The summed E-state index contributed by atoms with van der Waals surface area (Å²) >= 11 is 0. The molecule has 2 heterocycles. The van der Waals surface area contributed by atoms with Gasteiger partial charge >= 0.3 is 12.1 Å². The monoisotopic (exact) mass is 398 g/mol. The molecule has 6 nitrogen and oxygen atoms in total. The number of amides is 2. The van der Waals surface area contributed by atoms with Crippen LogP contribution in [0.1, 0.15) is 30.4 Å². The number of likely N-dealkylation sites (tertiary alicyclic amines) is 2. The highest BCUT2D eigenvalue weighted by atomic mass is 19.4. The van der Waals surface area contributed by atoms with E-state index in [1.54, 1.807) is 0 Å². The predicted molar refractivity (Wildman–Crippen MR) is 91.9 cm³/mol. The van der Waals surface area contributed by atoms with E-state index < -0.39 is 29.5 Å². The maximum atomic E-state index is 12.8. The van der Waals surface area contributed by atoms with Crippen molar-refractivity contribution in [2.24, 2.45) is 11.8 Å². The summed E-state index contributed by atoms with van der Waals surface area (Å²) in [6, 6.07) is 4.78. The van der Waals surface area contributed by atoms with Crippen molar-refractivity contribution < 1.29 is 32.7 Å². The van der Waals surface area contributed by atoms with Crippen LogP contribution in [0.4, 0.5) is 13.2 Å². The fourth-order valence-corrected chi connectivity index (χ4v) is 3.79. The minimum atomic E-state index is -4.46. The van der Waals surface area contributed by atoms with Gasteiger partial charge in [0.05, 0.1) is 17.4 Å². The van der Waals surface area contributed by atoms with Crippen LogP contribution in [-0.2, 0) is 27.1 Å². The summed E-state index contributed by atoms with van der Waals surface area (Å²) in [7, 11) is 0. The number of hydrogen-bond donors (Lipinski definition) is 1. The predicted octanol–water partition coefficient (Wildman–Crippen LogP) is 2.38. The highest BCUT2D eigenvalue weighted by Gasteiger charge is 2.39. The zero-order chi connectivity index (χ0) is 20.5. The number of benzene rings is 1. The Hall–Kier alpha value is -2.58. The number of alkyl halides is 3. The molecule has 1 aromatic carbocycles. The molecular weight excluding hydrogens is 377 g/mol. The minimum Gasteiger partial charge on any atom is -0.481 e. The Morgan fingerprint density at radius 1 is 1.18 bits per heavy atom. The zero-order valence-corrected chi connectivity index (χ0v) is 15.1. The van der Waals surface area contributed by atoms with Crippen LogP contribution < -0.4 is 0 Å². The van der Waals surface area contributed by atoms with Crippen molar-refractivity contribution in [3.05, 3.63) is 35.4 Å². The van der Waals surface area contributed by atoms with Crippen LogP contribution in [-0.4, -0.2) is 52.3 Å². The largest absolute Gasteiger partial charge is 0.481 e. The summed E-state index contributed by atoms with van der Waals surface area (Å²) in [4.78, 5) is 39.0. The summed E-state index contributed by atoms with van der Waals surface area (Å²) < 4.78 is 38.5. The number of carbonyl (C=O) groups is 3. The lowest BCUT2D eigenvalue weighted by Gasteiger charge is -2.32. The van der Waals surface area contributed by atoms with Gasteiger partial charge in [-0.25, -0.2) is 0 Å². The van der Waals surface area contributed by atoms with Gasteiger partial charge in [0.2, 0.25) is 11.8 Å². The van der Waals surface area contributed by atoms with Crippen molar-refractivity contribution in [2.45, 2.75) is 32.0 Å². The van der Waals surface area contributed by atoms with Gasteiger partial charge in [-0.05, 0) is 30.5 Å². The van der Waals surface area contributed by atoms with E-state index in [4.69, 9.17) is 5.11 Å². The van der Waals surface area contributed by atoms with Gasteiger partial charge in [0.25, 0.3) is 0 Å². The molecule has 2 amide bonds. The van der Waals surface area contributed by atoms with Gasteiger partial charge < -0.3 is 14.9 Å². The van der Waals surface area contributed by atoms with E-state index in [2.05, 4.69) is 0 Å². The summed E-state index contributed by atoms with van der Waals surface area (Å²) in [5.41, 5.74) is -0.433. The fraction of sp³-hybridized carbons (Fsp3) is 0.526. The van der Waals surface area contributed by atoms with Gasteiger partial charge in [-0.2, -0.15) is 13.2 Å². The maximum Gasteiger partial charge on any atom is 0.416 e. The van der Waals surface area contributed by atoms with Gasteiger partial charge in [-0.1, -0.05) is 12.1 Å². The molecular formula is C19H21F3N2O4. The molecule has 9 heteroatoms.